The summed E-state index contributed by atoms with van der Waals surface area (Å²) in [6.07, 6.45) is 1.85. The number of aryl methyl sites for hydroxylation is 2. The summed E-state index contributed by atoms with van der Waals surface area (Å²) < 4.78 is 14.3. The van der Waals surface area contributed by atoms with Crippen molar-refractivity contribution in [2.24, 2.45) is 0 Å². The van der Waals surface area contributed by atoms with Crippen LogP contribution in [0.15, 0.2) is 42.5 Å². The van der Waals surface area contributed by atoms with Gasteiger partial charge in [-0.15, -0.1) is 0 Å². The van der Waals surface area contributed by atoms with Crippen LogP contribution in [0.3, 0.4) is 0 Å². The predicted octanol–water partition coefficient (Wildman–Crippen LogP) is 4.73. The van der Waals surface area contributed by atoms with Crippen LogP contribution in [0, 0.1) is 19.7 Å². The highest BCUT2D eigenvalue weighted by atomic mass is 19.1. The van der Waals surface area contributed by atoms with E-state index >= 15 is 0 Å². The normalized spacial score (nSPS) is 12.4. The fourth-order valence-electron chi connectivity index (χ4n) is 2.58. The van der Waals surface area contributed by atoms with E-state index in [0.717, 1.165) is 30.5 Å². The second kappa shape index (κ2) is 7.37. The van der Waals surface area contributed by atoms with Gasteiger partial charge in [0.05, 0.1) is 0 Å². The van der Waals surface area contributed by atoms with Crippen molar-refractivity contribution in [2.45, 2.75) is 39.7 Å². The first-order valence-corrected chi connectivity index (χ1v) is 7.65. The van der Waals surface area contributed by atoms with Crippen LogP contribution in [-0.2, 0) is 6.42 Å². The molecule has 0 aromatic heterocycles. The Labute approximate surface area is 127 Å². The van der Waals surface area contributed by atoms with Crippen molar-refractivity contribution in [3.63, 3.8) is 0 Å². The first kappa shape index (κ1) is 15.7. The summed E-state index contributed by atoms with van der Waals surface area (Å²) in [4.78, 5) is 0. The largest absolute Gasteiger partial charge is 0.310 e. The summed E-state index contributed by atoms with van der Waals surface area (Å²) in [6, 6.07) is 13.9. The van der Waals surface area contributed by atoms with Gasteiger partial charge in [0, 0.05) is 11.6 Å². The monoisotopic (exact) mass is 285 g/mol. The minimum absolute atomic E-state index is 0.0200. The third-order valence-electron chi connectivity index (χ3n) is 3.86. The summed E-state index contributed by atoms with van der Waals surface area (Å²) in [5, 5.41) is 3.48. The van der Waals surface area contributed by atoms with Crippen LogP contribution in [0.4, 0.5) is 4.39 Å². The van der Waals surface area contributed by atoms with Gasteiger partial charge < -0.3 is 5.32 Å². The maximum absolute atomic E-state index is 14.3. The van der Waals surface area contributed by atoms with Gasteiger partial charge in [-0.2, -0.15) is 0 Å². The SMILES string of the molecule is CCCNC(Cc1ccccc1C)c1ccc(C)cc1F. The number of hydrogen-bond acceptors (Lipinski definition) is 1. The minimum atomic E-state index is -0.114. The van der Waals surface area contributed by atoms with E-state index in [0.29, 0.717) is 0 Å². The van der Waals surface area contributed by atoms with E-state index < -0.39 is 0 Å². The number of rotatable bonds is 6. The molecule has 21 heavy (non-hydrogen) atoms. The molecular formula is C19H24FN. The van der Waals surface area contributed by atoms with Gasteiger partial charge in [0.15, 0.2) is 0 Å². The number of hydrogen-bond donors (Lipinski definition) is 1. The van der Waals surface area contributed by atoms with Crippen LogP contribution < -0.4 is 5.32 Å². The highest BCUT2D eigenvalue weighted by Crippen LogP contribution is 2.23. The maximum atomic E-state index is 14.3. The Morgan fingerprint density at radius 3 is 2.52 bits per heavy atom. The van der Waals surface area contributed by atoms with Gasteiger partial charge in [0.2, 0.25) is 0 Å². The molecule has 0 saturated carbocycles. The van der Waals surface area contributed by atoms with Gasteiger partial charge in [0.25, 0.3) is 0 Å². The summed E-state index contributed by atoms with van der Waals surface area (Å²) in [5.74, 6) is -0.114. The molecule has 2 heteroatoms. The number of nitrogens with one attached hydrogen (secondary N) is 1. The lowest BCUT2D eigenvalue weighted by atomic mass is 9.95. The highest BCUT2D eigenvalue weighted by Gasteiger charge is 2.16. The van der Waals surface area contributed by atoms with Crippen molar-refractivity contribution >= 4 is 0 Å². The molecule has 112 valence electrons. The second-order valence-electron chi connectivity index (χ2n) is 5.66. The van der Waals surface area contributed by atoms with Gasteiger partial charge in [0.1, 0.15) is 5.82 Å². The van der Waals surface area contributed by atoms with Crippen LogP contribution >= 0.6 is 0 Å². The molecule has 0 spiro atoms. The summed E-state index contributed by atoms with van der Waals surface area (Å²) >= 11 is 0. The molecule has 1 N–H and O–H groups in total. The first-order valence-electron chi connectivity index (χ1n) is 7.65. The Morgan fingerprint density at radius 1 is 1.10 bits per heavy atom. The molecule has 0 heterocycles. The van der Waals surface area contributed by atoms with E-state index in [2.05, 4.69) is 31.3 Å². The molecule has 1 nitrogen and oxygen atoms in total. The van der Waals surface area contributed by atoms with Crippen LogP contribution in [0.25, 0.3) is 0 Å². The van der Waals surface area contributed by atoms with Crippen LogP contribution in [0.2, 0.25) is 0 Å². The molecule has 2 rings (SSSR count). The van der Waals surface area contributed by atoms with Crippen molar-refractivity contribution in [1.29, 1.82) is 0 Å². The number of benzene rings is 2. The van der Waals surface area contributed by atoms with E-state index in [1.807, 2.05) is 31.2 Å². The molecule has 0 amide bonds. The number of halogens is 1. The summed E-state index contributed by atoms with van der Waals surface area (Å²) in [6.45, 7) is 7.05. The standard InChI is InChI=1S/C19H24FN/c1-4-11-21-19(13-16-8-6-5-7-15(16)3)17-10-9-14(2)12-18(17)20/h5-10,12,19,21H,4,11,13H2,1-3H3. The lowest BCUT2D eigenvalue weighted by molar-refractivity contribution is 0.496. The summed E-state index contributed by atoms with van der Waals surface area (Å²) in [7, 11) is 0. The third kappa shape index (κ3) is 4.15. The Hall–Kier alpha value is -1.67. The fraction of sp³-hybridized carbons (Fsp3) is 0.368. The summed E-state index contributed by atoms with van der Waals surface area (Å²) in [5.41, 5.74) is 4.25. The molecule has 0 aliphatic rings. The first-order chi connectivity index (χ1) is 10.1. The molecule has 0 fully saturated rings. The van der Waals surface area contributed by atoms with E-state index in [9.17, 15) is 4.39 Å². The Balaban J connectivity index is 2.27. The molecular weight excluding hydrogens is 261 g/mol. The Morgan fingerprint density at radius 2 is 1.86 bits per heavy atom. The zero-order chi connectivity index (χ0) is 15.2. The molecule has 0 bridgehead atoms. The third-order valence-corrected chi connectivity index (χ3v) is 3.86. The average Bonchev–Trinajstić information content (AvgIpc) is 2.46. The minimum Gasteiger partial charge on any atom is -0.310 e. The predicted molar refractivity (Wildman–Crippen MR) is 87.1 cm³/mol. The van der Waals surface area contributed by atoms with Crippen molar-refractivity contribution in [2.75, 3.05) is 6.54 Å². The van der Waals surface area contributed by atoms with Crippen LogP contribution in [0.1, 0.15) is 41.6 Å². The maximum Gasteiger partial charge on any atom is 0.128 e. The molecule has 1 atom stereocenters. The van der Waals surface area contributed by atoms with Gasteiger partial charge in [-0.05, 0) is 56.0 Å². The van der Waals surface area contributed by atoms with Crippen molar-refractivity contribution < 1.29 is 4.39 Å². The topological polar surface area (TPSA) is 12.0 Å². The Bertz CT molecular complexity index is 592. The van der Waals surface area contributed by atoms with E-state index in [1.54, 1.807) is 6.07 Å². The molecule has 0 aliphatic carbocycles. The second-order valence-corrected chi connectivity index (χ2v) is 5.66. The van der Waals surface area contributed by atoms with Gasteiger partial charge in [-0.25, -0.2) is 4.39 Å². The van der Waals surface area contributed by atoms with Gasteiger partial charge in [-0.3, -0.25) is 0 Å². The van der Waals surface area contributed by atoms with Crippen LogP contribution in [-0.4, -0.2) is 6.54 Å². The van der Waals surface area contributed by atoms with Gasteiger partial charge in [-0.1, -0.05) is 43.3 Å². The highest BCUT2D eigenvalue weighted by molar-refractivity contribution is 5.31. The molecule has 0 saturated heterocycles. The van der Waals surface area contributed by atoms with Crippen molar-refractivity contribution in [1.82, 2.24) is 5.32 Å². The molecule has 1 unspecified atom stereocenters. The van der Waals surface area contributed by atoms with E-state index in [4.69, 9.17) is 0 Å². The quantitative estimate of drug-likeness (QED) is 0.809. The van der Waals surface area contributed by atoms with Gasteiger partial charge >= 0.3 is 0 Å². The van der Waals surface area contributed by atoms with Crippen molar-refractivity contribution in [3.8, 4) is 0 Å². The van der Waals surface area contributed by atoms with Crippen molar-refractivity contribution in [3.05, 3.63) is 70.5 Å². The molecule has 2 aromatic rings. The molecule has 2 aromatic carbocycles. The Kier molecular flexibility index (Phi) is 5.51. The average molecular weight is 285 g/mol. The molecule has 0 radical (unpaired) electrons. The lowest BCUT2D eigenvalue weighted by Gasteiger charge is -2.21. The zero-order valence-corrected chi connectivity index (χ0v) is 13.1. The van der Waals surface area contributed by atoms with E-state index in [1.165, 1.54) is 11.1 Å². The lowest BCUT2D eigenvalue weighted by Crippen LogP contribution is -2.25. The zero-order valence-electron chi connectivity index (χ0n) is 13.1. The van der Waals surface area contributed by atoms with E-state index in [-0.39, 0.29) is 11.9 Å². The smallest absolute Gasteiger partial charge is 0.128 e. The van der Waals surface area contributed by atoms with Crippen LogP contribution in [0.5, 0.6) is 0 Å². The fourth-order valence-corrected chi connectivity index (χ4v) is 2.58. The molecule has 0 aliphatic heterocycles.